The molecule has 0 saturated heterocycles. The van der Waals surface area contributed by atoms with Crippen LogP contribution in [0.5, 0.6) is 0 Å². The number of hydrogen-bond acceptors (Lipinski definition) is 2. The second-order valence-electron chi connectivity index (χ2n) is 4.67. The lowest BCUT2D eigenvalue weighted by molar-refractivity contribution is 0.557. The first-order valence-electron chi connectivity index (χ1n) is 6.13. The number of hydrogen-bond donors (Lipinski definition) is 1. The van der Waals surface area contributed by atoms with Gasteiger partial charge in [-0.15, -0.1) is 0 Å². The quantitative estimate of drug-likeness (QED) is 0.836. The van der Waals surface area contributed by atoms with E-state index in [0.717, 1.165) is 6.42 Å². The zero-order valence-corrected chi connectivity index (χ0v) is 10.3. The molecule has 1 aliphatic heterocycles. The van der Waals surface area contributed by atoms with Crippen molar-refractivity contribution in [3.63, 3.8) is 0 Å². The minimum atomic E-state index is 0.664. The molecule has 0 spiro atoms. The summed E-state index contributed by atoms with van der Waals surface area (Å²) in [4.78, 5) is 2.18. The van der Waals surface area contributed by atoms with Crippen molar-refractivity contribution in [2.75, 3.05) is 6.54 Å². The summed E-state index contributed by atoms with van der Waals surface area (Å²) in [5.74, 6) is 0. The SMILES string of the molecule is C=C(N)CN1C=c2ccccc2=C2CC=CC=C21. The van der Waals surface area contributed by atoms with Crippen molar-refractivity contribution in [1.29, 1.82) is 0 Å². The Hall–Kier alpha value is -2.22. The van der Waals surface area contributed by atoms with Gasteiger partial charge in [0, 0.05) is 17.6 Å². The number of fused-ring (bicyclic) bond motifs is 2. The Morgan fingerprint density at radius 2 is 2.17 bits per heavy atom. The van der Waals surface area contributed by atoms with Crippen molar-refractivity contribution >= 4 is 11.8 Å². The number of rotatable bonds is 2. The molecule has 90 valence electrons. The molecule has 1 aliphatic carbocycles. The van der Waals surface area contributed by atoms with Crippen LogP contribution in [0.15, 0.2) is 60.5 Å². The van der Waals surface area contributed by atoms with Gasteiger partial charge < -0.3 is 10.6 Å². The molecule has 0 fully saturated rings. The molecule has 18 heavy (non-hydrogen) atoms. The molecule has 0 atom stereocenters. The second-order valence-corrected chi connectivity index (χ2v) is 4.67. The molecule has 0 aromatic heterocycles. The predicted octanol–water partition coefficient (Wildman–Crippen LogP) is 1.21. The summed E-state index contributed by atoms with van der Waals surface area (Å²) in [6.07, 6.45) is 9.57. The zero-order chi connectivity index (χ0) is 12.5. The highest BCUT2D eigenvalue weighted by Gasteiger charge is 2.17. The predicted molar refractivity (Wildman–Crippen MR) is 75.4 cm³/mol. The average Bonchev–Trinajstić information content (AvgIpc) is 2.38. The largest absolute Gasteiger partial charge is 0.401 e. The molecule has 1 aromatic carbocycles. The van der Waals surface area contributed by atoms with Crippen molar-refractivity contribution in [1.82, 2.24) is 4.90 Å². The van der Waals surface area contributed by atoms with Crippen molar-refractivity contribution < 1.29 is 0 Å². The molecule has 0 saturated carbocycles. The molecule has 3 rings (SSSR count). The van der Waals surface area contributed by atoms with E-state index >= 15 is 0 Å². The van der Waals surface area contributed by atoms with Crippen LogP contribution >= 0.6 is 0 Å². The summed E-state index contributed by atoms with van der Waals surface area (Å²) in [5, 5.41) is 2.58. The van der Waals surface area contributed by atoms with Gasteiger partial charge >= 0.3 is 0 Å². The van der Waals surface area contributed by atoms with Crippen molar-refractivity contribution in [2.45, 2.75) is 6.42 Å². The molecule has 2 aliphatic rings. The maximum Gasteiger partial charge on any atom is 0.0615 e. The Morgan fingerprint density at radius 1 is 1.33 bits per heavy atom. The Kier molecular flexibility index (Phi) is 2.56. The fourth-order valence-corrected chi connectivity index (χ4v) is 2.54. The molecule has 2 N–H and O–H groups in total. The molecule has 2 nitrogen and oxygen atoms in total. The average molecular weight is 236 g/mol. The normalized spacial score (nSPS) is 16.6. The van der Waals surface area contributed by atoms with E-state index in [1.165, 1.54) is 21.7 Å². The fraction of sp³-hybridized carbons (Fsp3) is 0.125. The summed E-state index contributed by atoms with van der Waals surface area (Å²) >= 11 is 0. The number of allylic oxidation sites excluding steroid dienone is 4. The van der Waals surface area contributed by atoms with E-state index in [-0.39, 0.29) is 0 Å². The van der Waals surface area contributed by atoms with Gasteiger partial charge in [-0.3, -0.25) is 0 Å². The molecule has 1 aromatic rings. The summed E-state index contributed by atoms with van der Waals surface area (Å²) in [6, 6.07) is 8.48. The second kappa shape index (κ2) is 4.22. The standard InChI is InChI=1S/C16H16N2/c1-12(17)10-18-11-13-6-2-3-7-14(13)15-8-4-5-9-16(15)18/h2-7,9,11H,1,8,10,17H2. The third-order valence-corrected chi connectivity index (χ3v) is 3.29. The monoisotopic (exact) mass is 236 g/mol. The Labute approximate surface area is 107 Å². The third kappa shape index (κ3) is 1.76. The zero-order valence-electron chi connectivity index (χ0n) is 10.3. The minimum absolute atomic E-state index is 0.664. The van der Waals surface area contributed by atoms with Crippen LogP contribution in [0.1, 0.15) is 6.42 Å². The van der Waals surface area contributed by atoms with Gasteiger partial charge in [0.25, 0.3) is 0 Å². The minimum Gasteiger partial charge on any atom is -0.401 e. The van der Waals surface area contributed by atoms with E-state index in [2.05, 4.69) is 60.2 Å². The van der Waals surface area contributed by atoms with Gasteiger partial charge in [-0.1, -0.05) is 43.0 Å². The van der Waals surface area contributed by atoms with Gasteiger partial charge in [0.05, 0.1) is 6.54 Å². The molecule has 0 radical (unpaired) electrons. The van der Waals surface area contributed by atoms with Gasteiger partial charge in [-0.05, 0) is 28.5 Å². The summed E-state index contributed by atoms with van der Waals surface area (Å²) < 4.78 is 0. The third-order valence-electron chi connectivity index (χ3n) is 3.29. The van der Waals surface area contributed by atoms with Crippen LogP contribution < -0.4 is 16.2 Å². The van der Waals surface area contributed by atoms with Crippen LogP contribution in [0.2, 0.25) is 0 Å². The van der Waals surface area contributed by atoms with Crippen molar-refractivity contribution in [3.8, 4) is 0 Å². The molecular formula is C16H16N2. The highest BCUT2D eigenvalue weighted by atomic mass is 15.1. The number of benzene rings is 1. The smallest absolute Gasteiger partial charge is 0.0615 e. The van der Waals surface area contributed by atoms with Crippen LogP contribution in [-0.2, 0) is 0 Å². The lowest BCUT2D eigenvalue weighted by Gasteiger charge is -2.29. The molecule has 0 bridgehead atoms. The topological polar surface area (TPSA) is 29.3 Å². The molecular weight excluding hydrogens is 220 g/mol. The highest BCUT2D eigenvalue weighted by Crippen LogP contribution is 2.25. The summed E-state index contributed by atoms with van der Waals surface area (Å²) in [7, 11) is 0. The number of nitrogens with zero attached hydrogens (tertiary/aromatic N) is 1. The first kappa shape index (κ1) is 10.9. The van der Waals surface area contributed by atoms with Crippen molar-refractivity contribution in [2.24, 2.45) is 5.73 Å². The van der Waals surface area contributed by atoms with Gasteiger partial charge in [-0.25, -0.2) is 0 Å². The van der Waals surface area contributed by atoms with E-state index in [4.69, 9.17) is 5.73 Å². The lowest BCUT2D eigenvalue weighted by Crippen LogP contribution is -2.38. The maximum atomic E-state index is 5.75. The van der Waals surface area contributed by atoms with Crippen LogP contribution in [0.25, 0.3) is 11.8 Å². The summed E-state index contributed by atoms with van der Waals surface area (Å²) in [6.45, 7) is 4.47. The van der Waals surface area contributed by atoms with E-state index in [9.17, 15) is 0 Å². The Bertz CT molecular complexity index is 677. The Morgan fingerprint density at radius 3 is 3.00 bits per heavy atom. The van der Waals surface area contributed by atoms with Gasteiger partial charge in [0.15, 0.2) is 0 Å². The molecule has 0 amide bonds. The van der Waals surface area contributed by atoms with Gasteiger partial charge in [0.2, 0.25) is 0 Å². The first-order chi connectivity index (χ1) is 8.75. The van der Waals surface area contributed by atoms with Gasteiger partial charge in [-0.2, -0.15) is 0 Å². The van der Waals surface area contributed by atoms with E-state index in [1.54, 1.807) is 0 Å². The highest BCUT2D eigenvalue weighted by molar-refractivity contribution is 5.71. The lowest BCUT2D eigenvalue weighted by atomic mass is 9.96. The van der Waals surface area contributed by atoms with E-state index in [0.29, 0.717) is 12.2 Å². The first-order valence-corrected chi connectivity index (χ1v) is 6.13. The number of nitrogens with two attached hydrogens (primary N) is 1. The Balaban J connectivity index is 2.23. The molecule has 0 unspecified atom stereocenters. The van der Waals surface area contributed by atoms with Crippen LogP contribution in [0, 0.1) is 0 Å². The van der Waals surface area contributed by atoms with Crippen LogP contribution in [0.4, 0.5) is 0 Å². The summed E-state index contributed by atoms with van der Waals surface area (Å²) in [5.41, 5.74) is 9.05. The maximum absolute atomic E-state index is 5.75. The fourth-order valence-electron chi connectivity index (χ4n) is 2.54. The molecule has 2 heteroatoms. The van der Waals surface area contributed by atoms with Crippen molar-refractivity contribution in [3.05, 3.63) is 70.9 Å². The van der Waals surface area contributed by atoms with E-state index in [1.807, 2.05) is 0 Å². The van der Waals surface area contributed by atoms with Crippen LogP contribution in [-0.4, -0.2) is 11.4 Å². The van der Waals surface area contributed by atoms with Crippen LogP contribution in [0.3, 0.4) is 0 Å². The molecule has 1 heterocycles. The van der Waals surface area contributed by atoms with E-state index < -0.39 is 0 Å². The van der Waals surface area contributed by atoms with Gasteiger partial charge in [0.1, 0.15) is 0 Å².